The fourth-order valence-electron chi connectivity index (χ4n) is 6.12. The van der Waals surface area contributed by atoms with Gasteiger partial charge in [0.15, 0.2) is 9.84 Å². The van der Waals surface area contributed by atoms with Crippen molar-refractivity contribution < 1.29 is 23.1 Å². The lowest BCUT2D eigenvalue weighted by atomic mass is 9.97. The monoisotopic (exact) mass is 678 g/mol. The second-order valence-electron chi connectivity index (χ2n) is 11.6. The van der Waals surface area contributed by atoms with E-state index in [1.54, 1.807) is 36.4 Å². The number of carboxylic acid groups (broad SMARTS) is 1. The number of rotatable bonds is 13. The van der Waals surface area contributed by atoms with Gasteiger partial charge in [-0.1, -0.05) is 72.3 Å². The molecule has 1 aromatic heterocycles. The van der Waals surface area contributed by atoms with Crippen molar-refractivity contribution >= 4 is 44.0 Å². The Balaban J connectivity index is 1.41. The Bertz CT molecular complexity index is 2090. The van der Waals surface area contributed by atoms with Gasteiger partial charge in [-0.05, 0) is 83.4 Å². The molecule has 0 spiro atoms. The molecule has 2 N–H and O–H groups in total. The van der Waals surface area contributed by atoms with Crippen LogP contribution >= 0.6 is 11.6 Å². The first-order valence-electron chi connectivity index (χ1n) is 15.6. The summed E-state index contributed by atoms with van der Waals surface area (Å²) >= 11 is 6.62. The normalized spacial score (nSPS) is 11.6. The minimum atomic E-state index is -3.29. The highest BCUT2D eigenvalue weighted by atomic mass is 35.5. The standard InChI is InChI=1S/C39H35ClN2O5S/c1-48(45,46)33-19-15-31(16-20-33)41-24-22-37-34(23-25-47-32-17-12-29(13-18-32)39(43)44)35-26-30(40)14-21-36(35)42(37)38(27-8-4-2-5-9-27)28-10-6-3-7-11-28/h2-21,26,38,41H,22-25H2,1H3,(H,43,44). The van der Waals surface area contributed by atoms with Crippen LogP contribution < -0.4 is 10.1 Å². The highest BCUT2D eigenvalue weighted by Gasteiger charge is 2.25. The van der Waals surface area contributed by atoms with Gasteiger partial charge in [-0.15, -0.1) is 0 Å². The van der Waals surface area contributed by atoms with Gasteiger partial charge in [-0.2, -0.15) is 0 Å². The zero-order valence-electron chi connectivity index (χ0n) is 26.3. The van der Waals surface area contributed by atoms with E-state index in [9.17, 15) is 18.3 Å². The number of hydrogen-bond acceptors (Lipinski definition) is 5. The van der Waals surface area contributed by atoms with Crippen LogP contribution in [0.5, 0.6) is 5.75 Å². The molecule has 6 aromatic rings. The Labute approximate surface area is 285 Å². The number of carboxylic acids is 1. The van der Waals surface area contributed by atoms with Gasteiger partial charge in [0.1, 0.15) is 5.75 Å². The molecule has 0 bridgehead atoms. The summed E-state index contributed by atoms with van der Waals surface area (Å²) < 4.78 is 32.5. The number of nitrogens with one attached hydrogen (secondary N) is 1. The number of halogens is 1. The van der Waals surface area contributed by atoms with Crippen LogP contribution in [0.2, 0.25) is 5.02 Å². The van der Waals surface area contributed by atoms with E-state index in [1.165, 1.54) is 18.4 Å². The van der Waals surface area contributed by atoms with E-state index in [2.05, 4.69) is 64.5 Å². The summed E-state index contributed by atoms with van der Waals surface area (Å²) in [7, 11) is -3.29. The number of nitrogens with zero attached hydrogens (tertiary/aromatic N) is 1. The van der Waals surface area contributed by atoms with Crippen LogP contribution in [0.1, 0.15) is 38.8 Å². The van der Waals surface area contributed by atoms with Crippen molar-refractivity contribution in [2.45, 2.75) is 23.8 Å². The molecule has 5 aromatic carbocycles. The zero-order valence-corrected chi connectivity index (χ0v) is 27.9. The maximum absolute atomic E-state index is 12.0. The Kier molecular flexibility index (Phi) is 9.85. The van der Waals surface area contributed by atoms with E-state index >= 15 is 0 Å². The Hall–Kier alpha value is -5.05. The number of aromatic carboxylic acids is 1. The van der Waals surface area contributed by atoms with E-state index in [4.69, 9.17) is 16.3 Å². The van der Waals surface area contributed by atoms with E-state index in [-0.39, 0.29) is 16.5 Å². The van der Waals surface area contributed by atoms with E-state index in [0.29, 0.717) is 36.8 Å². The number of aromatic nitrogens is 1. The molecule has 0 radical (unpaired) electrons. The molecule has 0 amide bonds. The average Bonchev–Trinajstić information content (AvgIpc) is 3.37. The second kappa shape index (κ2) is 14.4. The van der Waals surface area contributed by atoms with Crippen LogP contribution in [-0.2, 0) is 22.7 Å². The molecule has 0 saturated heterocycles. The van der Waals surface area contributed by atoms with Gasteiger partial charge in [-0.3, -0.25) is 0 Å². The van der Waals surface area contributed by atoms with Gasteiger partial charge in [0.25, 0.3) is 0 Å². The number of ether oxygens (including phenoxy) is 1. The van der Waals surface area contributed by atoms with Crippen molar-refractivity contribution in [1.82, 2.24) is 4.57 Å². The third-order valence-electron chi connectivity index (χ3n) is 8.37. The van der Waals surface area contributed by atoms with Gasteiger partial charge < -0.3 is 19.7 Å². The van der Waals surface area contributed by atoms with Crippen LogP contribution in [0.25, 0.3) is 10.9 Å². The minimum Gasteiger partial charge on any atom is -0.493 e. The summed E-state index contributed by atoms with van der Waals surface area (Å²) in [6.45, 7) is 0.954. The van der Waals surface area contributed by atoms with Crippen LogP contribution in [0.3, 0.4) is 0 Å². The molecule has 7 nitrogen and oxygen atoms in total. The minimum absolute atomic E-state index is 0.127. The molecule has 0 aliphatic rings. The maximum atomic E-state index is 12.0. The van der Waals surface area contributed by atoms with Gasteiger partial charge in [0.05, 0.1) is 23.1 Å². The van der Waals surface area contributed by atoms with Crippen LogP contribution in [0.15, 0.2) is 132 Å². The number of anilines is 1. The fourth-order valence-corrected chi connectivity index (χ4v) is 6.93. The second-order valence-corrected chi connectivity index (χ2v) is 14.0. The lowest BCUT2D eigenvalue weighted by Gasteiger charge is -2.25. The maximum Gasteiger partial charge on any atom is 0.335 e. The molecule has 244 valence electrons. The zero-order chi connectivity index (χ0) is 33.7. The molecule has 0 saturated carbocycles. The Morgan fingerprint density at radius 3 is 2.04 bits per heavy atom. The predicted molar refractivity (Wildman–Crippen MR) is 191 cm³/mol. The number of fused-ring (bicyclic) bond motifs is 1. The van der Waals surface area contributed by atoms with Crippen molar-refractivity contribution in [2.75, 3.05) is 24.7 Å². The third-order valence-corrected chi connectivity index (χ3v) is 9.73. The number of sulfone groups is 1. The van der Waals surface area contributed by atoms with Crippen LogP contribution in [0, 0.1) is 0 Å². The molecule has 0 aliphatic heterocycles. The Morgan fingerprint density at radius 2 is 1.46 bits per heavy atom. The first kappa shape index (κ1) is 32.9. The summed E-state index contributed by atoms with van der Waals surface area (Å²) in [4.78, 5) is 11.6. The summed E-state index contributed by atoms with van der Waals surface area (Å²) in [5, 5.41) is 14.4. The van der Waals surface area contributed by atoms with Crippen molar-refractivity contribution in [1.29, 1.82) is 0 Å². The molecule has 0 unspecified atom stereocenters. The van der Waals surface area contributed by atoms with Crippen LogP contribution in [-0.4, -0.2) is 43.5 Å². The highest BCUT2D eigenvalue weighted by molar-refractivity contribution is 7.90. The Morgan fingerprint density at radius 1 is 0.833 bits per heavy atom. The number of hydrogen-bond donors (Lipinski definition) is 2. The highest BCUT2D eigenvalue weighted by Crippen LogP contribution is 2.38. The average molecular weight is 679 g/mol. The first-order chi connectivity index (χ1) is 23.2. The molecule has 0 atom stereocenters. The van der Waals surface area contributed by atoms with Crippen LogP contribution in [0.4, 0.5) is 5.69 Å². The quantitative estimate of drug-likeness (QED) is 0.128. The third kappa shape index (κ3) is 7.40. The summed E-state index contributed by atoms with van der Waals surface area (Å²) in [5.41, 5.74) is 6.59. The summed E-state index contributed by atoms with van der Waals surface area (Å²) in [5.74, 6) is -0.392. The predicted octanol–water partition coefficient (Wildman–Crippen LogP) is 8.31. The number of carbonyl (C=O) groups is 1. The lowest BCUT2D eigenvalue weighted by Crippen LogP contribution is -2.18. The topological polar surface area (TPSA) is 97.6 Å². The molecular formula is C39H35ClN2O5S. The SMILES string of the molecule is CS(=O)(=O)c1ccc(NCCc2c(CCOc3ccc(C(=O)O)cc3)c3cc(Cl)ccc3n2C(c2ccccc2)c2ccccc2)cc1. The van der Waals surface area contributed by atoms with Gasteiger partial charge in [-0.25, -0.2) is 13.2 Å². The molecule has 0 fully saturated rings. The summed E-state index contributed by atoms with van der Waals surface area (Å²) in [6, 6.07) is 39.9. The fraction of sp³-hybridized carbons (Fsp3) is 0.154. The molecule has 6 rings (SSSR count). The molecule has 0 aliphatic carbocycles. The molecular weight excluding hydrogens is 644 g/mol. The van der Waals surface area contributed by atoms with Crippen molar-refractivity contribution in [2.24, 2.45) is 0 Å². The number of benzene rings is 5. The molecule has 9 heteroatoms. The summed E-state index contributed by atoms with van der Waals surface area (Å²) in [6.07, 6.45) is 2.44. The van der Waals surface area contributed by atoms with E-state index in [0.717, 1.165) is 39.0 Å². The van der Waals surface area contributed by atoms with Crippen molar-refractivity contribution in [3.05, 3.63) is 160 Å². The van der Waals surface area contributed by atoms with Gasteiger partial charge >= 0.3 is 5.97 Å². The van der Waals surface area contributed by atoms with Crippen molar-refractivity contribution in [3.8, 4) is 5.75 Å². The molecule has 48 heavy (non-hydrogen) atoms. The smallest absolute Gasteiger partial charge is 0.335 e. The van der Waals surface area contributed by atoms with Gasteiger partial charge in [0.2, 0.25) is 0 Å². The lowest BCUT2D eigenvalue weighted by molar-refractivity contribution is 0.0697. The largest absolute Gasteiger partial charge is 0.493 e. The van der Waals surface area contributed by atoms with E-state index in [1.807, 2.05) is 24.3 Å². The van der Waals surface area contributed by atoms with E-state index < -0.39 is 15.8 Å². The van der Waals surface area contributed by atoms with Gasteiger partial charge in [0, 0.05) is 52.9 Å². The first-order valence-corrected chi connectivity index (χ1v) is 17.9. The molecule has 1 heterocycles. The van der Waals surface area contributed by atoms with Crippen molar-refractivity contribution in [3.63, 3.8) is 0 Å².